The molecular weight excluding hydrogens is 1840 g/mol. The number of carbonyl (C=O) groups is 6. The summed E-state index contributed by atoms with van der Waals surface area (Å²) in [5, 5.41) is 32.3. The van der Waals surface area contributed by atoms with Gasteiger partial charge in [-0.1, -0.05) is 51.1 Å². The zero-order valence-corrected chi connectivity index (χ0v) is 84.0. The van der Waals surface area contributed by atoms with Crippen molar-refractivity contribution in [2.45, 2.75) is 120 Å². The van der Waals surface area contributed by atoms with Crippen LogP contribution in [0.1, 0.15) is 179 Å². The van der Waals surface area contributed by atoms with Gasteiger partial charge in [-0.15, -0.1) is 56.7 Å². The Hall–Kier alpha value is -13.4. The van der Waals surface area contributed by atoms with E-state index in [0.29, 0.717) is 134 Å². The molecule has 0 spiro atoms. The van der Waals surface area contributed by atoms with E-state index >= 15 is 0 Å². The van der Waals surface area contributed by atoms with Gasteiger partial charge in [0, 0.05) is 156 Å². The van der Waals surface area contributed by atoms with Crippen LogP contribution in [0, 0.1) is 20.8 Å². The predicted molar refractivity (Wildman–Crippen MR) is 537 cm³/mol. The highest BCUT2D eigenvalue weighted by Crippen LogP contribution is 2.45. The normalized spacial score (nSPS) is 13.6. The van der Waals surface area contributed by atoms with Gasteiger partial charge in [-0.05, 0) is 181 Å². The van der Waals surface area contributed by atoms with Crippen LogP contribution < -0.4 is 0 Å². The van der Waals surface area contributed by atoms with E-state index in [0.717, 1.165) is 159 Å². The first kappa shape index (κ1) is 99.1. The minimum Gasteiger partial charge on any atom is -0.378 e. The monoisotopic (exact) mass is 1950 g/mol. The highest BCUT2D eigenvalue weighted by Gasteiger charge is 2.38. The molecule has 0 N–H and O–H groups in total. The van der Waals surface area contributed by atoms with Gasteiger partial charge in [0.05, 0.1) is 147 Å². The van der Waals surface area contributed by atoms with Gasteiger partial charge < -0.3 is 43.9 Å². The van der Waals surface area contributed by atoms with Gasteiger partial charge in [0.15, 0.2) is 0 Å². The van der Waals surface area contributed by atoms with E-state index in [1.165, 1.54) is 0 Å². The average molecular weight is 1960 g/mol. The van der Waals surface area contributed by atoms with Crippen LogP contribution in [0.25, 0.3) is 82.6 Å². The van der Waals surface area contributed by atoms with E-state index in [2.05, 4.69) is 102 Å². The van der Waals surface area contributed by atoms with Crippen LogP contribution in [0.2, 0.25) is 0 Å². The number of likely N-dealkylation sites (N-methyl/N-ethyl adjacent to an activating group) is 3. The van der Waals surface area contributed by atoms with Crippen molar-refractivity contribution in [1.29, 1.82) is 0 Å². The smallest absolute Gasteiger partial charge is 0.257 e. The number of thiophene rings is 5. The molecule has 2 aliphatic heterocycles. The summed E-state index contributed by atoms with van der Waals surface area (Å²) in [6, 6.07) is 27.6. The first-order chi connectivity index (χ1) is 67.2. The van der Waals surface area contributed by atoms with Crippen LogP contribution in [0.15, 0.2) is 174 Å². The third kappa shape index (κ3) is 23.2. The number of hydrogen-bond donors (Lipinski definition) is 0. The van der Waals surface area contributed by atoms with Crippen molar-refractivity contribution < 1.29 is 33.5 Å². The molecule has 2 aliphatic carbocycles. The topological polar surface area (TPSA) is 356 Å². The molecule has 35 nitrogen and oxygen atoms in total. The molecule has 15 aromatic rings. The Morgan fingerprint density at radius 1 is 0.391 bits per heavy atom. The molecule has 718 valence electrons. The maximum absolute atomic E-state index is 13.3. The molecule has 2 saturated heterocycles. The van der Waals surface area contributed by atoms with Crippen LogP contribution in [0.4, 0.5) is 0 Å². The molecule has 6 amide bonds. The highest BCUT2D eigenvalue weighted by atomic mass is 32.1. The molecule has 0 aromatic carbocycles. The summed E-state index contributed by atoms with van der Waals surface area (Å²) in [4.78, 5) is 142. The SMILES string of the molecule is CC(=O)N1CCN(C(=O)c2cnn(-c3nccc(-c4cccs4)n3)c2C2CC2)CC1.CCN(CC)C(=O)c1cnn(-c2ncc(C)c(-c3cccs3)n2)c1C1CC1.CCN(CC)C(=O)c1cnn(-c2nccc(-c3cccs3)n2)c1C.CCN(CC)CCN(C)C(=O)c1cnn(-c2nccc(-c3cccs3)n2)c1COC.CCN1CCN(C(=O)c2cnn(-c3nccc(-c4cccs4)n3)c2C)CC1. The second-order valence-corrected chi connectivity index (χ2v) is 37.7. The minimum absolute atomic E-state index is 0.0156. The molecule has 0 radical (unpaired) electrons. The highest BCUT2D eigenvalue weighted by molar-refractivity contribution is 7.14. The maximum atomic E-state index is 13.3. The molecule has 0 unspecified atom stereocenters. The van der Waals surface area contributed by atoms with Gasteiger partial charge in [0.25, 0.3) is 59.3 Å². The van der Waals surface area contributed by atoms with Gasteiger partial charge in [-0.2, -0.15) is 30.2 Å². The molecule has 2 saturated carbocycles. The standard InChI is InChI=1S/C21H22N6O2S.C21H28N6O2S.C20H23N5OS.C19H22N6OS.C17H19N5OS/c1-14(28)25-8-10-26(11-9-25)20(29)16-13-23-27(19(16)15-4-5-15)21-22-7-6-17(24-21)18-3-2-12-30-18;1-5-26(6-2)12-11-25(3)20(28)16-14-23-27(18(16)15-29-4)21-22-10-9-17(24-21)19-8-7-13-30-19;1-4-24(5-2)19(26)15-12-22-25(18(15)14-8-9-14)20-21-11-13(3)17(23-20)16-7-6-10-27-16;1-3-23-8-10-24(11-9-23)18(26)15-13-21-25(14(15)2)19-20-7-6-16(22-19)17-5-4-12-27-17;1-4-21(5-2)16(23)13-11-19-22(12(13)3)17-18-9-8-14(20-17)15-7-6-10-24-15/h2-3,6-7,12-13,15H,4-5,8-11H2,1H3;7-10,13-14H,5-6,11-12,15H2,1-4H3;6-7,10-12,14H,4-5,8-9H2,1-3H3;4-7,12-13H,3,8-11H2,1-2H3;6-11H,4-5H2,1-3H3. The van der Waals surface area contributed by atoms with Gasteiger partial charge in [0.1, 0.15) is 0 Å². The molecule has 40 heteroatoms. The Balaban J connectivity index is 0.000000131. The summed E-state index contributed by atoms with van der Waals surface area (Å²) in [6.45, 7) is 34.6. The van der Waals surface area contributed by atoms with Crippen molar-refractivity contribution in [3.05, 3.63) is 236 Å². The third-order valence-corrected chi connectivity index (χ3v) is 28.8. The van der Waals surface area contributed by atoms with E-state index in [1.807, 2.05) is 182 Å². The van der Waals surface area contributed by atoms with E-state index in [9.17, 15) is 28.8 Å². The molecular formula is C98H114N28O7S5. The molecule has 17 heterocycles. The molecule has 19 rings (SSSR count). The van der Waals surface area contributed by atoms with Crippen LogP contribution in [0.3, 0.4) is 0 Å². The van der Waals surface area contributed by atoms with Gasteiger partial charge in [-0.25, -0.2) is 68.6 Å². The summed E-state index contributed by atoms with van der Waals surface area (Å²) >= 11 is 8.15. The molecule has 4 fully saturated rings. The van der Waals surface area contributed by atoms with Gasteiger partial charge in [0.2, 0.25) is 5.91 Å². The molecule has 0 bridgehead atoms. The number of aryl methyl sites for hydroxylation is 1. The fourth-order valence-corrected chi connectivity index (χ4v) is 19.6. The lowest BCUT2D eigenvalue weighted by atomic mass is 10.1. The fraction of sp³-hybridized carbons (Fsp3) is 0.378. The number of rotatable bonds is 29. The fourth-order valence-electron chi connectivity index (χ4n) is 16.1. The van der Waals surface area contributed by atoms with Crippen molar-refractivity contribution in [3.8, 4) is 82.6 Å². The molecule has 4 aliphatic rings. The number of amides is 6. The summed E-state index contributed by atoms with van der Waals surface area (Å²) in [7, 11) is 3.41. The second kappa shape index (κ2) is 46.7. The zero-order chi connectivity index (χ0) is 97.0. The quantitative estimate of drug-likeness (QED) is 0.0420. The van der Waals surface area contributed by atoms with Crippen LogP contribution in [0.5, 0.6) is 0 Å². The summed E-state index contributed by atoms with van der Waals surface area (Å²) in [5.41, 5.74) is 12.3. The maximum Gasteiger partial charge on any atom is 0.257 e. The molecule has 0 atom stereocenters. The lowest BCUT2D eigenvalue weighted by Gasteiger charge is -2.34. The van der Waals surface area contributed by atoms with E-state index in [4.69, 9.17) is 14.7 Å². The van der Waals surface area contributed by atoms with Crippen molar-refractivity contribution in [2.24, 2.45) is 0 Å². The van der Waals surface area contributed by atoms with Crippen LogP contribution in [-0.2, 0) is 16.1 Å². The van der Waals surface area contributed by atoms with Crippen LogP contribution >= 0.6 is 56.7 Å². The second-order valence-electron chi connectivity index (χ2n) is 33.0. The Morgan fingerprint density at radius 2 is 0.761 bits per heavy atom. The zero-order valence-electron chi connectivity index (χ0n) is 79.9. The third-order valence-electron chi connectivity index (χ3n) is 24.4. The average Bonchev–Trinajstić information content (AvgIpc) is 1.61. The van der Waals surface area contributed by atoms with E-state index in [-0.39, 0.29) is 42.0 Å². The Labute approximate surface area is 822 Å². The summed E-state index contributed by atoms with van der Waals surface area (Å²) in [5.74, 6) is 3.04. The Morgan fingerprint density at radius 3 is 1.19 bits per heavy atom. The number of piperazine rings is 2. The summed E-state index contributed by atoms with van der Waals surface area (Å²) < 4.78 is 13.7. The predicted octanol–water partition coefficient (Wildman–Crippen LogP) is 15.2. The van der Waals surface area contributed by atoms with E-state index < -0.39 is 0 Å². The van der Waals surface area contributed by atoms with Gasteiger partial charge in [-0.3, -0.25) is 28.8 Å². The number of ether oxygens (including phenoxy) is 1. The van der Waals surface area contributed by atoms with Crippen molar-refractivity contribution in [3.63, 3.8) is 0 Å². The van der Waals surface area contributed by atoms with Crippen molar-refractivity contribution in [2.75, 3.05) is 125 Å². The largest absolute Gasteiger partial charge is 0.378 e. The first-order valence-electron chi connectivity index (χ1n) is 46.5. The van der Waals surface area contributed by atoms with Crippen LogP contribution in [-0.4, -0.2) is 299 Å². The number of methoxy groups -OCH3 is 1. The number of carbonyl (C=O) groups excluding carboxylic acids is 6. The molecule has 15 aromatic heterocycles. The number of hydrogen-bond acceptors (Lipinski definition) is 29. The number of nitrogens with zero attached hydrogens (tertiary/aromatic N) is 28. The first-order valence-corrected chi connectivity index (χ1v) is 50.9. The Bertz CT molecular complexity index is 6570. The van der Waals surface area contributed by atoms with Crippen molar-refractivity contribution in [1.82, 2.24) is 138 Å². The minimum atomic E-state index is -0.0881. The lowest BCUT2D eigenvalue weighted by molar-refractivity contribution is -0.130. The van der Waals surface area contributed by atoms with Gasteiger partial charge >= 0.3 is 0 Å². The summed E-state index contributed by atoms with van der Waals surface area (Å²) in [6.07, 6.45) is 21.1. The van der Waals surface area contributed by atoms with E-state index in [1.54, 1.807) is 165 Å². The van der Waals surface area contributed by atoms with Crippen molar-refractivity contribution >= 4 is 92.1 Å². The number of aromatic nitrogens is 20. The molecule has 138 heavy (non-hydrogen) atoms. The lowest BCUT2D eigenvalue weighted by Crippen LogP contribution is -2.50. The Kier molecular flexibility index (Phi) is 33.5.